The van der Waals surface area contributed by atoms with E-state index in [4.69, 9.17) is 4.74 Å². The van der Waals surface area contributed by atoms with E-state index < -0.39 is 8.40 Å². The van der Waals surface area contributed by atoms with Gasteiger partial charge in [-0.25, -0.2) is 0 Å². The van der Waals surface area contributed by atoms with E-state index in [0.29, 0.717) is 0 Å². The molecule has 0 saturated carbocycles. The van der Waals surface area contributed by atoms with E-state index in [0.717, 1.165) is 26.2 Å². The standard InChI is InChI=1S/C13H30N2OSi/c1-8-14(9-2)17(12-5,13(6)16-7)15(10-3)11-4/h12-13H,5,8-11H2,1-4,6-7H3. The predicted molar refractivity (Wildman–Crippen MR) is 78.3 cm³/mol. The first-order valence-corrected chi connectivity index (χ1v) is 8.80. The summed E-state index contributed by atoms with van der Waals surface area (Å²) in [6.07, 6.45) is 0. The molecule has 0 N–H and O–H groups in total. The van der Waals surface area contributed by atoms with Crippen molar-refractivity contribution >= 4 is 8.40 Å². The molecular weight excluding hydrogens is 228 g/mol. The summed E-state index contributed by atoms with van der Waals surface area (Å²) >= 11 is 0. The Morgan fingerprint density at radius 1 is 1.06 bits per heavy atom. The van der Waals surface area contributed by atoms with Gasteiger partial charge in [0.15, 0.2) is 0 Å². The minimum Gasteiger partial charge on any atom is -0.382 e. The van der Waals surface area contributed by atoms with Crippen molar-refractivity contribution in [3.05, 3.63) is 12.3 Å². The maximum atomic E-state index is 5.68. The molecule has 0 aliphatic heterocycles. The summed E-state index contributed by atoms with van der Waals surface area (Å²) in [6.45, 7) is 19.4. The maximum Gasteiger partial charge on any atom is 0.260 e. The van der Waals surface area contributed by atoms with Crippen molar-refractivity contribution in [2.75, 3.05) is 33.3 Å². The maximum absolute atomic E-state index is 5.68. The topological polar surface area (TPSA) is 15.7 Å². The Balaban J connectivity index is 5.48. The molecule has 0 rings (SSSR count). The second-order valence-corrected chi connectivity index (χ2v) is 8.26. The number of hydrogen-bond acceptors (Lipinski definition) is 3. The SMILES string of the molecule is C=C[Si](C(C)OC)(N(CC)CC)N(CC)CC. The van der Waals surface area contributed by atoms with Crippen molar-refractivity contribution in [3.8, 4) is 0 Å². The van der Waals surface area contributed by atoms with E-state index in [1.807, 2.05) is 7.11 Å². The second kappa shape index (κ2) is 8.03. The number of rotatable bonds is 9. The molecule has 0 aliphatic carbocycles. The van der Waals surface area contributed by atoms with Crippen molar-refractivity contribution in [1.29, 1.82) is 0 Å². The van der Waals surface area contributed by atoms with Crippen LogP contribution < -0.4 is 0 Å². The fraction of sp³-hybridized carbons (Fsp3) is 0.846. The third-order valence-electron chi connectivity index (χ3n) is 3.79. The first kappa shape index (κ1) is 16.8. The Kier molecular flexibility index (Phi) is 7.95. The smallest absolute Gasteiger partial charge is 0.260 e. The molecule has 0 aromatic carbocycles. The molecule has 17 heavy (non-hydrogen) atoms. The second-order valence-electron chi connectivity index (χ2n) is 4.21. The predicted octanol–water partition coefficient (Wildman–Crippen LogP) is 2.41. The summed E-state index contributed by atoms with van der Waals surface area (Å²) in [5, 5.41) is 0. The van der Waals surface area contributed by atoms with Crippen molar-refractivity contribution < 1.29 is 4.74 Å². The summed E-state index contributed by atoms with van der Waals surface area (Å²) in [4.78, 5) is 0. The average molecular weight is 258 g/mol. The Morgan fingerprint density at radius 3 is 1.59 bits per heavy atom. The number of hydrogen-bond donors (Lipinski definition) is 0. The van der Waals surface area contributed by atoms with Gasteiger partial charge in [0, 0.05) is 7.11 Å². The Bertz CT molecular complexity index is 203. The number of methoxy groups -OCH3 is 1. The van der Waals surface area contributed by atoms with Crippen molar-refractivity contribution in [1.82, 2.24) is 9.13 Å². The van der Waals surface area contributed by atoms with Crippen LogP contribution in [0.25, 0.3) is 0 Å². The molecule has 0 aromatic rings. The van der Waals surface area contributed by atoms with E-state index in [9.17, 15) is 0 Å². The molecule has 102 valence electrons. The molecule has 1 atom stereocenters. The van der Waals surface area contributed by atoms with Gasteiger partial charge in [-0.3, -0.25) is 0 Å². The van der Waals surface area contributed by atoms with Crippen molar-refractivity contribution in [3.63, 3.8) is 0 Å². The molecule has 0 saturated heterocycles. The molecule has 0 radical (unpaired) electrons. The van der Waals surface area contributed by atoms with Crippen LogP contribution in [-0.2, 0) is 4.74 Å². The van der Waals surface area contributed by atoms with Crippen molar-refractivity contribution in [2.45, 2.75) is 40.3 Å². The lowest BCUT2D eigenvalue weighted by Gasteiger charge is -2.48. The highest BCUT2D eigenvalue weighted by atomic mass is 28.3. The minimum atomic E-state index is -1.92. The molecule has 0 bridgehead atoms. The van der Waals surface area contributed by atoms with Crippen LogP contribution in [0.5, 0.6) is 0 Å². The zero-order valence-corrected chi connectivity index (χ0v) is 13.5. The molecule has 1 unspecified atom stereocenters. The average Bonchev–Trinajstić information content (AvgIpc) is 2.38. The van der Waals surface area contributed by atoms with Gasteiger partial charge in [0.1, 0.15) is 0 Å². The number of nitrogens with zero attached hydrogens (tertiary/aromatic N) is 2. The molecule has 4 heteroatoms. The van der Waals surface area contributed by atoms with Gasteiger partial charge in [-0.1, -0.05) is 33.4 Å². The molecule has 0 aromatic heterocycles. The van der Waals surface area contributed by atoms with Crippen molar-refractivity contribution in [2.24, 2.45) is 0 Å². The van der Waals surface area contributed by atoms with Gasteiger partial charge in [0.2, 0.25) is 0 Å². The van der Waals surface area contributed by atoms with Gasteiger partial charge in [-0.15, -0.1) is 6.58 Å². The van der Waals surface area contributed by atoms with Gasteiger partial charge < -0.3 is 13.9 Å². The minimum absolute atomic E-state index is 0.236. The van der Waals surface area contributed by atoms with E-state index in [2.05, 4.69) is 56.0 Å². The van der Waals surface area contributed by atoms with Crippen LogP contribution in [0, 0.1) is 0 Å². The molecule has 3 nitrogen and oxygen atoms in total. The van der Waals surface area contributed by atoms with Crippen LogP contribution in [-0.4, -0.2) is 56.5 Å². The lowest BCUT2D eigenvalue weighted by atomic mass is 10.7. The zero-order chi connectivity index (χ0) is 13.5. The van der Waals surface area contributed by atoms with E-state index >= 15 is 0 Å². The lowest BCUT2D eigenvalue weighted by molar-refractivity contribution is 0.145. The highest BCUT2D eigenvalue weighted by Crippen LogP contribution is 2.22. The normalized spacial score (nSPS) is 14.4. The highest BCUT2D eigenvalue weighted by molar-refractivity contribution is 6.80. The molecule has 0 spiro atoms. The number of ether oxygens (including phenoxy) is 1. The molecule has 0 heterocycles. The van der Waals surface area contributed by atoms with Crippen LogP contribution in [0.4, 0.5) is 0 Å². The Hall–Kier alpha value is -0.163. The molecular formula is C13H30N2OSi. The van der Waals surface area contributed by atoms with Crippen LogP contribution in [0.3, 0.4) is 0 Å². The lowest BCUT2D eigenvalue weighted by Crippen LogP contribution is -2.71. The first-order valence-electron chi connectivity index (χ1n) is 6.75. The summed E-state index contributed by atoms with van der Waals surface area (Å²) in [7, 11) is -0.115. The van der Waals surface area contributed by atoms with Gasteiger partial charge >= 0.3 is 0 Å². The Morgan fingerprint density at radius 2 is 1.41 bits per heavy atom. The fourth-order valence-corrected chi connectivity index (χ4v) is 7.42. The summed E-state index contributed by atoms with van der Waals surface area (Å²) in [5.74, 6) is 0. The highest BCUT2D eigenvalue weighted by Gasteiger charge is 2.46. The van der Waals surface area contributed by atoms with Crippen LogP contribution in [0.1, 0.15) is 34.6 Å². The summed E-state index contributed by atoms with van der Waals surface area (Å²) in [5.41, 5.74) is 2.42. The quantitative estimate of drug-likeness (QED) is 0.591. The first-order chi connectivity index (χ1) is 8.08. The van der Waals surface area contributed by atoms with Gasteiger partial charge in [-0.05, 0) is 33.1 Å². The van der Waals surface area contributed by atoms with E-state index in [1.165, 1.54) is 0 Å². The largest absolute Gasteiger partial charge is 0.382 e. The molecule has 0 aliphatic rings. The van der Waals surface area contributed by atoms with E-state index in [1.54, 1.807) is 0 Å². The fourth-order valence-electron chi connectivity index (χ4n) is 2.77. The van der Waals surface area contributed by atoms with Crippen LogP contribution >= 0.6 is 0 Å². The zero-order valence-electron chi connectivity index (χ0n) is 12.5. The third-order valence-corrected chi connectivity index (χ3v) is 9.12. The molecule has 0 amide bonds. The van der Waals surface area contributed by atoms with Crippen LogP contribution in [0.2, 0.25) is 0 Å². The molecule has 0 fully saturated rings. The Labute approximate surface area is 109 Å². The third kappa shape index (κ3) is 3.19. The van der Waals surface area contributed by atoms with Gasteiger partial charge in [-0.2, -0.15) is 0 Å². The van der Waals surface area contributed by atoms with E-state index in [-0.39, 0.29) is 5.73 Å². The van der Waals surface area contributed by atoms with Gasteiger partial charge in [0.05, 0.1) is 5.73 Å². The van der Waals surface area contributed by atoms with Crippen LogP contribution in [0.15, 0.2) is 12.3 Å². The summed E-state index contributed by atoms with van der Waals surface area (Å²) in [6, 6.07) is 0. The van der Waals surface area contributed by atoms with Gasteiger partial charge in [0.25, 0.3) is 8.40 Å². The monoisotopic (exact) mass is 258 g/mol. The summed E-state index contributed by atoms with van der Waals surface area (Å²) < 4.78 is 10.8.